The molecule has 1 N–H and O–H groups in total. The molecule has 1 aliphatic carbocycles. The number of methoxy groups -OCH3 is 1. The smallest absolute Gasteiger partial charge is 0.0589 e. The highest BCUT2D eigenvalue weighted by molar-refractivity contribution is 5.21. The van der Waals surface area contributed by atoms with Crippen LogP contribution in [0.1, 0.15) is 30.7 Å². The predicted octanol–water partition coefficient (Wildman–Crippen LogP) is 2.49. The Morgan fingerprint density at radius 1 is 1.25 bits per heavy atom. The zero-order chi connectivity index (χ0) is 14.4. The van der Waals surface area contributed by atoms with E-state index in [9.17, 15) is 0 Å². The molecule has 3 nitrogen and oxygen atoms in total. The summed E-state index contributed by atoms with van der Waals surface area (Å²) in [7, 11) is 6.09. The fraction of sp³-hybridized carbons (Fsp3) is 0.647. The molecule has 0 heterocycles. The van der Waals surface area contributed by atoms with Crippen molar-refractivity contribution in [3.8, 4) is 0 Å². The average molecular weight is 276 g/mol. The minimum Gasteiger partial charge on any atom is -0.383 e. The fourth-order valence-corrected chi connectivity index (χ4v) is 3.40. The molecule has 0 bridgehead atoms. The van der Waals surface area contributed by atoms with Gasteiger partial charge in [0, 0.05) is 25.7 Å². The molecule has 0 aromatic heterocycles. The fourth-order valence-electron chi connectivity index (χ4n) is 3.40. The first-order valence-electron chi connectivity index (χ1n) is 7.67. The van der Waals surface area contributed by atoms with Crippen molar-refractivity contribution < 1.29 is 4.74 Å². The van der Waals surface area contributed by atoms with E-state index in [0.717, 1.165) is 13.2 Å². The van der Waals surface area contributed by atoms with Gasteiger partial charge in [0.15, 0.2) is 0 Å². The molecular formula is C17H28N2O. The summed E-state index contributed by atoms with van der Waals surface area (Å²) in [4.78, 5) is 2.46. The highest BCUT2D eigenvalue weighted by Crippen LogP contribution is 2.34. The first-order valence-corrected chi connectivity index (χ1v) is 7.67. The summed E-state index contributed by atoms with van der Waals surface area (Å²) < 4.78 is 5.22. The number of likely N-dealkylation sites (N-methyl/N-ethyl adjacent to an activating group) is 2. The molecular weight excluding hydrogens is 248 g/mol. The molecule has 1 saturated carbocycles. The van der Waals surface area contributed by atoms with Crippen LogP contribution >= 0.6 is 0 Å². The van der Waals surface area contributed by atoms with Gasteiger partial charge in [-0.2, -0.15) is 0 Å². The van der Waals surface area contributed by atoms with E-state index in [1.807, 2.05) is 0 Å². The number of ether oxygens (including phenoxy) is 1. The van der Waals surface area contributed by atoms with Crippen LogP contribution in [0.25, 0.3) is 0 Å². The molecule has 1 aromatic carbocycles. The number of benzene rings is 1. The Kier molecular flexibility index (Phi) is 6.02. The number of nitrogens with zero attached hydrogens (tertiary/aromatic N) is 1. The van der Waals surface area contributed by atoms with Crippen molar-refractivity contribution in [1.29, 1.82) is 0 Å². The van der Waals surface area contributed by atoms with Crippen LogP contribution in [0.2, 0.25) is 0 Å². The zero-order valence-corrected chi connectivity index (χ0v) is 13.0. The van der Waals surface area contributed by atoms with Gasteiger partial charge in [0.05, 0.1) is 6.61 Å². The van der Waals surface area contributed by atoms with Gasteiger partial charge in [-0.05, 0) is 44.8 Å². The van der Waals surface area contributed by atoms with Crippen LogP contribution in [0.4, 0.5) is 0 Å². The zero-order valence-electron chi connectivity index (χ0n) is 13.0. The van der Waals surface area contributed by atoms with Crippen molar-refractivity contribution in [2.45, 2.75) is 37.3 Å². The van der Waals surface area contributed by atoms with Gasteiger partial charge in [0.25, 0.3) is 0 Å². The van der Waals surface area contributed by atoms with Crippen LogP contribution in [-0.4, -0.2) is 51.3 Å². The number of nitrogens with one attached hydrogen (secondary N) is 1. The SMILES string of the molecule is CNC1CCC(c2ccccc2)CC1N(C)CCOC. The van der Waals surface area contributed by atoms with E-state index in [1.54, 1.807) is 7.11 Å². The Labute approximate surface area is 123 Å². The van der Waals surface area contributed by atoms with Crippen molar-refractivity contribution in [1.82, 2.24) is 10.2 Å². The lowest BCUT2D eigenvalue weighted by atomic mass is 9.78. The molecule has 112 valence electrons. The lowest BCUT2D eigenvalue weighted by Gasteiger charge is -2.41. The highest BCUT2D eigenvalue weighted by Gasteiger charge is 2.32. The highest BCUT2D eigenvalue weighted by atomic mass is 16.5. The molecule has 0 spiro atoms. The third-order valence-corrected chi connectivity index (χ3v) is 4.67. The topological polar surface area (TPSA) is 24.5 Å². The van der Waals surface area contributed by atoms with Crippen LogP contribution in [0.15, 0.2) is 30.3 Å². The molecule has 3 heteroatoms. The summed E-state index contributed by atoms with van der Waals surface area (Å²) in [5.74, 6) is 0.691. The molecule has 0 saturated heterocycles. The van der Waals surface area contributed by atoms with Crippen molar-refractivity contribution in [3.05, 3.63) is 35.9 Å². The second-order valence-corrected chi connectivity index (χ2v) is 5.86. The monoisotopic (exact) mass is 276 g/mol. The van der Waals surface area contributed by atoms with Gasteiger partial charge in [-0.1, -0.05) is 30.3 Å². The molecule has 3 atom stereocenters. The minimum atomic E-state index is 0.592. The molecule has 0 amide bonds. The number of hydrogen-bond donors (Lipinski definition) is 1. The van der Waals surface area contributed by atoms with Crippen molar-refractivity contribution in [2.24, 2.45) is 0 Å². The molecule has 1 aliphatic rings. The van der Waals surface area contributed by atoms with E-state index >= 15 is 0 Å². The number of rotatable bonds is 6. The summed E-state index contributed by atoms with van der Waals surface area (Å²) in [6.45, 7) is 1.81. The van der Waals surface area contributed by atoms with Crippen molar-refractivity contribution in [2.75, 3.05) is 34.4 Å². The van der Waals surface area contributed by atoms with E-state index in [1.165, 1.54) is 24.8 Å². The van der Waals surface area contributed by atoms with Crippen LogP contribution in [-0.2, 0) is 4.74 Å². The second kappa shape index (κ2) is 7.77. The molecule has 0 radical (unpaired) electrons. The second-order valence-electron chi connectivity index (χ2n) is 5.86. The maximum atomic E-state index is 5.22. The Bertz CT molecular complexity index is 382. The van der Waals surface area contributed by atoms with E-state index in [-0.39, 0.29) is 0 Å². The van der Waals surface area contributed by atoms with Gasteiger partial charge in [-0.25, -0.2) is 0 Å². The first-order chi connectivity index (χ1) is 9.76. The Morgan fingerprint density at radius 2 is 2.00 bits per heavy atom. The Morgan fingerprint density at radius 3 is 2.65 bits per heavy atom. The normalized spacial score (nSPS) is 26.9. The molecule has 1 fully saturated rings. The maximum Gasteiger partial charge on any atom is 0.0589 e. The quantitative estimate of drug-likeness (QED) is 0.864. The summed E-state index contributed by atoms with van der Waals surface area (Å²) in [5, 5.41) is 3.50. The van der Waals surface area contributed by atoms with Crippen LogP contribution in [0.5, 0.6) is 0 Å². The van der Waals surface area contributed by atoms with E-state index in [0.29, 0.717) is 18.0 Å². The van der Waals surface area contributed by atoms with Gasteiger partial charge in [0.2, 0.25) is 0 Å². The third-order valence-electron chi connectivity index (χ3n) is 4.67. The van der Waals surface area contributed by atoms with Crippen molar-refractivity contribution >= 4 is 0 Å². The van der Waals surface area contributed by atoms with E-state index < -0.39 is 0 Å². The van der Waals surface area contributed by atoms with Gasteiger partial charge in [0.1, 0.15) is 0 Å². The van der Waals surface area contributed by atoms with Gasteiger partial charge >= 0.3 is 0 Å². The predicted molar refractivity (Wildman–Crippen MR) is 84.2 cm³/mol. The number of hydrogen-bond acceptors (Lipinski definition) is 3. The van der Waals surface area contributed by atoms with Crippen LogP contribution in [0.3, 0.4) is 0 Å². The molecule has 1 aromatic rings. The van der Waals surface area contributed by atoms with Crippen LogP contribution < -0.4 is 5.32 Å². The van der Waals surface area contributed by atoms with Gasteiger partial charge in [-0.15, -0.1) is 0 Å². The van der Waals surface area contributed by atoms with Crippen LogP contribution in [0, 0.1) is 0 Å². The molecule has 3 unspecified atom stereocenters. The molecule has 0 aliphatic heterocycles. The standard InChI is InChI=1S/C17H28N2O/c1-18-16-10-9-15(14-7-5-4-6-8-14)13-17(16)19(2)11-12-20-3/h4-8,15-18H,9-13H2,1-3H3. The lowest BCUT2D eigenvalue weighted by Crippen LogP contribution is -2.51. The summed E-state index contributed by atoms with van der Waals surface area (Å²) >= 11 is 0. The van der Waals surface area contributed by atoms with E-state index in [4.69, 9.17) is 4.74 Å². The lowest BCUT2D eigenvalue weighted by molar-refractivity contribution is 0.100. The average Bonchev–Trinajstić information content (AvgIpc) is 2.52. The van der Waals surface area contributed by atoms with Crippen molar-refractivity contribution in [3.63, 3.8) is 0 Å². The summed E-state index contributed by atoms with van der Waals surface area (Å²) in [6.07, 6.45) is 3.76. The Balaban J connectivity index is 2.03. The Hall–Kier alpha value is -0.900. The largest absolute Gasteiger partial charge is 0.383 e. The first kappa shape index (κ1) is 15.5. The third kappa shape index (κ3) is 3.81. The molecule has 2 rings (SSSR count). The summed E-state index contributed by atoms with van der Waals surface area (Å²) in [5.41, 5.74) is 1.49. The van der Waals surface area contributed by atoms with E-state index in [2.05, 4.69) is 54.6 Å². The maximum absolute atomic E-state index is 5.22. The van der Waals surface area contributed by atoms with Gasteiger partial charge < -0.3 is 10.1 Å². The van der Waals surface area contributed by atoms with Gasteiger partial charge in [-0.3, -0.25) is 4.90 Å². The summed E-state index contributed by atoms with van der Waals surface area (Å²) in [6, 6.07) is 12.1. The minimum absolute atomic E-state index is 0.592. The molecule has 20 heavy (non-hydrogen) atoms.